The van der Waals surface area contributed by atoms with Crippen LogP contribution in [0, 0.1) is 0 Å². The van der Waals surface area contributed by atoms with Crippen molar-refractivity contribution in [2.24, 2.45) is 0 Å². The molecule has 0 rings (SSSR count). The Morgan fingerprint density at radius 1 is 0.426 bits per heavy atom. The van der Waals surface area contributed by atoms with Gasteiger partial charge in [-0.1, -0.05) is 176 Å². The van der Waals surface area contributed by atoms with E-state index in [0.717, 1.165) is 116 Å². The van der Waals surface area contributed by atoms with Crippen LogP contribution in [0.25, 0.3) is 0 Å². The number of carbonyl (C=O) groups is 3. The van der Waals surface area contributed by atoms with E-state index in [0.29, 0.717) is 19.3 Å². The molecule has 0 aromatic carbocycles. The van der Waals surface area contributed by atoms with Gasteiger partial charge in [-0.15, -0.1) is 0 Å². The molecule has 0 saturated heterocycles. The Labute approximate surface area is 412 Å². The maximum Gasteiger partial charge on any atom is 0.472 e. The van der Waals surface area contributed by atoms with Crippen LogP contribution in [0.15, 0.2) is 97.2 Å². The number of hydrogen-bond acceptors (Lipinski definition) is 10. The van der Waals surface area contributed by atoms with E-state index in [1.54, 1.807) is 0 Å². The topological polar surface area (TPSA) is 155 Å². The van der Waals surface area contributed by atoms with Crippen LogP contribution >= 0.6 is 7.82 Å². The summed E-state index contributed by atoms with van der Waals surface area (Å²) in [6.07, 6.45) is 56.8. The van der Waals surface area contributed by atoms with Crippen molar-refractivity contribution >= 4 is 25.7 Å². The molecule has 3 unspecified atom stereocenters. The summed E-state index contributed by atoms with van der Waals surface area (Å²) in [6, 6.07) is 0. The zero-order valence-electron chi connectivity index (χ0n) is 42.5. The largest absolute Gasteiger partial charge is 0.472 e. The number of aliphatic hydroxyl groups is 1. The first-order valence-electron chi connectivity index (χ1n) is 26.1. The van der Waals surface area contributed by atoms with Gasteiger partial charge in [0.15, 0.2) is 6.10 Å². The van der Waals surface area contributed by atoms with Crippen molar-refractivity contribution in [2.45, 2.75) is 213 Å². The van der Waals surface area contributed by atoms with E-state index in [9.17, 15) is 28.9 Å². The van der Waals surface area contributed by atoms with Gasteiger partial charge in [0.05, 0.1) is 19.8 Å². The summed E-state index contributed by atoms with van der Waals surface area (Å²) in [6.45, 7) is 4.26. The molecule has 0 fully saturated rings. The second-order valence-corrected chi connectivity index (χ2v) is 18.4. The Hall–Kier alpha value is -3.60. The summed E-state index contributed by atoms with van der Waals surface area (Å²) in [4.78, 5) is 48.3. The van der Waals surface area contributed by atoms with Gasteiger partial charge in [0.25, 0.3) is 0 Å². The smallest absolute Gasteiger partial charge is 0.462 e. The average Bonchev–Trinajstić information content (AvgIpc) is 3.32. The Morgan fingerprint density at radius 2 is 0.794 bits per heavy atom. The summed E-state index contributed by atoms with van der Waals surface area (Å²) >= 11 is 0. The third-order valence-corrected chi connectivity index (χ3v) is 11.4. The van der Waals surface area contributed by atoms with Crippen LogP contribution in [0.1, 0.15) is 201 Å². The van der Waals surface area contributed by atoms with Crippen LogP contribution in [-0.4, -0.2) is 66.5 Å². The molecule has 0 radical (unpaired) electrons. The Morgan fingerprint density at radius 3 is 1.28 bits per heavy atom. The number of carbonyl (C=O) groups excluding carboxylic acids is 3. The molecule has 2 N–H and O–H groups in total. The van der Waals surface area contributed by atoms with E-state index in [1.807, 2.05) is 18.2 Å². The number of allylic oxidation sites excluding steroid dienone is 16. The summed E-state index contributed by atoms with van der Waals surface area (Å²) < 4.78 is 39.3. The van der Waals surface area contributed by atoms with Crippen molar-refractivity contribution in [3.63, 3.8) is 0 Å². The van der Waals surface area contributed by atoms with E-state index in [1.165, 1.54) is 25.7 Å². The number of aliphatic hydroxyl groups excluding tert-OH is 1. The van der Waals surface area contributed by atoms with Crippen molar-refractivity contribution in [3.05, 3.63) is 97.2 Å². The Kier molecular flexibility index (Phi) is 47.2. The lowest BCUT2D eigenvalue weighted by Crippen LogP contribution is -2.30. The molecule has 0 aromatic rings. The van der Waals surface area contributed by atoms with Gasteiger partial charge in [-0.2, -0.15) is 0 Å². The minimum atomic E-state index is -4.77. The first-order valence-corrected chi connectivity index (χ1v) is 27.6. The number of esters is 3. The fourth-order valence-corrected chi connectivity index (χ4v) is 7.34. The third-order valence-electron chi connectivity index (χ3n) is 10.5. The number of phosphoric acid groups is 1. The van der Waals surface area contributed by atoms with Crippen LogP contribution < -0.4 is 0 Å². The number of hydrogen-bond donors (Lipinski definition) is 2. The van der Waals surface area contributed by atoms with Crippen molar-refractivity contribution < 1.29 is 52.2 Å². The lowest BCUT2D eigenvalue weighted by atomic mass is 10.1. The molecule has 0 bridgehead atoms. The van der Waals surface area contributed by atoms with Crippen LogP contribution in [0.3, 0.4) is 0 Å². The Bertz CT molecular complexity index is 1510. The Balaban J connectivity index is 4.86. The number of rotatable bonds is 47. The SMILES string of the molecule is CC/C=C\C/C=C\C/C=C\C/C=C\CCC(=O)OC(CO)COP(=O)(O)OCC(COC(=O)CCCCCCC/C=C\CCCCCC)OC(=O)CCCCCCC/C=C\C/C=C\C/C=C\CC. The average molecular weight is 973 g/mol. The second-order valence-electron chi connectivity index (χ2n) is 16.9. The van der Waals surface area contributed by atoms with Gasteiger partial charge in [-0.3, -0.25) is 23.4 Å². The standard InChI is InChI=1S/C56H93O11P/c1-4-7-10-13-16-19-22-25-26-29-32-35-38-41-44-47-56(60)67-53(49-63-54(58)45-42-39-36-33-30-27-23-20-17-14-11-8-5-2)51-65-68(61,62)64-50-52(48-57)66-55(59)46-43-40-37-34-31-28-24-21-18-15-12-9-6-3/h7,9-10,12,16,18-21,23,25-26,28,31,37,40,52-53,57H,4-6,8,11,13-15,17,22,24,27,29-30,32-36,38-39,41-51H2,1-3H3,(H,61,62)/b10-7-,12-9-,19-16-,21-18-,23-20-,26-25-,31-28-,40-37-. The summed E-state index contributed by atoms with van der Waals surface area (Å²) in [5, 5.41) is 9.76. The van der Waals surface area contributed by atoms with E-state index in [2.05, 4.69) is 99.8 Å². The molecule has 3 atom stereocenters. The highest BCUT2D eigenvalue weighted by Crippen LogP contribution is 2.43. The first kappa shape index (κ1) is 64.4. The van der Waals surface area contributed by atoms with Crippen molar-refractivity contribution in [1.82, 2.24) is 0 Å². The van der Waals surface area contributed by atoms with E-state index in [4.69, 9.17) is 23.3 Å². The number of unbranched alkanes of at least 4 members (excludes halogenated alkanes) is 14. The van der Waals surface area contributed by atoms with E-state index in [-0.39, 0.29) is 25.9 Å². The molecular weight excluding hydrogens is 880 g/mol. The molecule has 12 heteroatoms. The normalized spacial score (nSPS) is 14.2. The zero-order chi connectivity index (χ0) is 49.9. The highest BCUT2D eigenvalue weighted by Gasteiger charge is 2.28. The van der Waals surface area contributed by atoms with Crippen LogP contribution in [0.5, 0.6) is 0 Å². The van der Waals surface area contributed by atoms with Gasteiger partial charge in [0, 0.05) is 19.3 Å². The van der Waals surface area contributed by atoms with E-state index >= 15 is 0 Å². The molecule has 0 aliphatic heterocycles. The fourth-order valence-electron chi connectivity index (χ4n) is 6.55. The molecule has 0 saturated carbocycles. The molecule has 0 spiro atoms. The van der Waals surface area contributed by atoms with Gasteiger partial charge in [-0.05, 0) is 103 Å². The molecule has 68 heavy (non-hydrogen) atoms. The van der Waals surface area contributed by atoms with Crippen molar-refractivity contribution in [3.8, 4) is 0 Å². The molecule has 0 aliphatic carbocycles. The summed E-state index contributed by atoms with van der Waals surface area (Å²) in [5.74, 6) is -1.59. The predicted molar refractivity (Wildman–Crippen MR) is 279 cm³/mol. The number of ether oxygens (including phenoxy) is 3. The summed E-state index contributed by atoms with van der Waals surface area (Å²) in [5.41, 5.74) is 0. The minimum absolute atomic E-state index is 0.0503. The molecule has 0 aromatic heterocycles. The first-order chi connectivity index (χ1) is 33.2. The highest BCUT2D eigenvalue weighted by molar-refractivity contribution is 7.47. The van der Waals surface area contributed by atoms with Crippen LogP contribution in [-0.2, 0) is 42.2 Å². The fraction of sp³-hybridized carbons (Fsp3) is 0.661. The second kappa shape index (κ2) is 49.8. The minimum Gasteiger partial charge on any atom is -0.462 e. The molecule has 11 nitrogen and oxygen atoms in total. The quantitative estimate of drug-likeness (QED) is 0.0197. The van der Waals surface area contributed by atoms with Crippen molar-refractivity contribution in [2.75, 3.05) is 26.4 Å². The molecular formula is C56H93O11P. The maximum atomic E-state index is 12.8. The van der Waals surface area contributed by atoms with Crippen LogP contribution in [0.2, 0.25) is 0 Å². The lowest BCUT2D eigenvalue weighted by Gasteiger charge is -2.21. The molecule has 0 heterocycles. The van der Waals surface area contributed by atoms with Gasteiger partial charge in [-0.25, -0.2) is 4.57 Å². The highest BCUT2D eigenvalue weighted by atomic mass is 31.2. The molecule has 388 valence electrons. The summed E-state index contributed by atoms with van der Waals surface area (Å²) in [7, 11) is -4.77. The number of phosphoric ester groups is 1. The predicted octanol–water partition coefficient (Wildman–Crippen LogP) is 14.9. The lowest BCUT2D eigenvalue weighted by molar-refractivity contribution is -0.161. The van der Waals surface area contributed by atoms with Gasteiger partial charge in [0.1, 0.15) is 12.7 Å². The van der Waals surface area contributed by atoms with Gasteiger partial charge < -0.3 is 24.2 Å². The monoisotopic (exact) mass is 973 g/mol. The van der Waals surface area contributed by atoms with Gasteiger partial charge >= 0.3 is 25.7 Å². The zero-order valence-corrected chi connectivity index (χ0v) is 43.4. The molecule has 0 aliphatic rings. The van der Waals surface area contributed by atoms with E-state index < -0.39 is 57.8 Å². The maximum absolute atomic E-state index is 12.8. The third kappa shape index (κ3) is 47.5. The van der Waals surface area contributed by atoms with Gasteiger partial charge in [0.2, 0.25) is 0 Å². The van der Waals surface area contributed by atoms with Crippen LogP contribution in [0.4, 0.5) is 0 Å². The molecule has 0 amide bonds. The van der Waals surface area contributed by atoms with Crippen molar-refractivity contribution in [1.29, 1.82) is 0 Å².